The van der Waals surface area contributed by atoms with Gasteiger partial charge in [0.2, 0.25) is 0 Å². The van der Waals surface area contributed by atoms with Gasteiger partial charge in [0, 0.05) is 15.4 Å². The molecule has 1 fully saturated rings. The summed E-state index contributed by atoms with van der Waals surface area (Å²) in [6, 6.07) is 0. The van der Waals surface area contributed by atoms with Gasteiger partial charge in [0.15, 0.2) is 0 Å². The van der Waals surface area contributed by atoms with Crippen LogP contribution in [0.25, 0.3) is 0 Å². The summed E-state index contributed by atoms with van der Waals surface area (Å²) >= 11 is 1.96. The van der Waals surface area contributed by atoms with Crippen LogP contribution in [-0.2, 0) is 7.59 Å². The lowest BCUT2D eigenvalue weighted by molar-refractivity contribution is 0.132. The average Bonchev–Trinajstić information content (AvgIpc) is 2.47. The maximum atomic E-state index is 5.42. The van der Waals surface area contributed by atoms with E-state index in [0.29, 0.717) is 23.9 Å². The molecule has 0 heterocycles. The van der Waals surface area contributed by atoms with Crippen molar-refractivity contribution in [3.05, 3.63) is 12.7 Å². The fourth-order valence-corrected chi connectivity index (χ4v) is 3.20. The molecule has 0 saturated heterocycles. The zero-order chi connectivity index (χ0) is 10.6. The third-order valence-corrected chi connectivity index (χ3v) is 3.94. The van der Waals surface area contributed by atoms with Gasteiger partial charge in [-0.2, -0.15) is 0 Å². The van der Waals surface area contributed by atoms with Gasteiger partial charge in [-0.25, -0.2) is 0 Å². The molecule has 0 aromatic rings. The Labute approximate surface area is 103 Å². The maximum absolute atomic E-state index is 5.42. The Bertz CT molecular complexity index is 189. The molecule has 0 aromatic heterocycles. The zero-order valence-corrected chi connectivity index (χ0v) is 11.8. The van der Waals surface area contributed by atoms with Crippen molar-refractivity contribution in [2.45, 2.75) is 25.9 Å². The van der Waals surface area contributed by atoms with E-state index in [9.17, 15) is 0 Å². The molecule has 14 heavy (non-hydrogen) atoms. The van der Waals surface area contributed by atoms with E-state index in [2.05, 4.69) is 23.0 Å². The van der Waals surface area contributed by atoms with E-state index in [4.69, 9.17) is 7.59 Å². The Balaban J connectivity index is 2.64. The standard InChI is InChI=1S/C10H18IO2P/c1-3-4-8-7(2)5-10(13-14)9(8)6-12-11/h3,7-10H,1,4-6,14H2,2H3/t7-,8-,9?,10+/m0/s1. The summed E-state index contributed by atoms with van der Waals surface area (Å²) in [7, 11) is 2.38. The second kappa shape index (κ2) is 6.41. The topological polar surface area (TPSA) is 18.5 Å². The first-order chi connectivity index (χ1) is 6.74. The minimum Gasteiger partial charge on any atom is -0.362 e. The van der Waals surface area contributed by atoms with Crippen LogP contribution >= 0.6 is 32.5 Å². The summed E-state index contributed by atoms with van der Waals surface area (Å²) < 4.78 is 10.7. The molecule has 1 aliphatic carbocycles. The van der Waals surface area contributed by atoms with Crippen LogP contribution in [0.3, 0.4) is 0 Å². The minimum atomic E-state index is 0.328. The molecule has 1 saturated carbocycles. The minimum absolute atomic E-state index is 0.328. The predicted octanol–water partition coefficient (Wildman–Crippen LogP) is 3.38. The molecule has 5 atom stereocenters. The lowest BCUT2D eigenvalue weighted by Crippen LogP contribution is -2.24. The maximum Gasteiger partial charge on any atom is 0.109 e. The van der Waals surface area contributed by atoms with Crippen molar-refractivity contribution in [2.24, 2.45) is 17.8 Å². The third-order valence-electron chi connectivity index (χ3n) is 3.23. The Morgan fingerprint density at radius 3 is 2.79 bits per heavy atom. The van der Waals surface area contributed by atoms with E-state index in [1.54, 1.807) is 0 Å². The highest BCUT2D eigenvalue weighted by atomic mass is 127. The number of allylic oxidation sites excluding steroid dienone is 1. The molecule has 0 aliphatic heterocycles. The van der Waals surface area contributed by atoms with Crippen LogP contribution in [0.4, 0.5) is 0 Å². The van der Waals surface area contributed by atoms with Gasteiger partial charge in [-0.3, -0.25) is 0 Å². The molecule has 0 radical (unpaired) electrons. The first kappa shape index (κ1) is 12.9. The van der Waals surface area contributed by atoms with E-state index in [-0.39, 0.29) is 0 Å². The van der Waals surface area contributed by atoms with Crippen LogP contribution in [-0.4, -0.2) is 12.7 Å². The van der Waals surface area contributed by atoms with Gasteiger partial charge in [-0.1, -0.05) is 13.0 Å². The van der Waals surface area contributed by atoms with Gasteiger partial charge in [-0.15, -0.1) is 6.58 Å². The zero-order valence-electron chi connectivity index (χ0n) is 8.49. The largest absolute Gasteiger partial charge is 0.362 e. The third kappa shape index (κ3) is 2.91. The second-order valence-corrected chi connectivity index (χ2v) is 4.91. The number of hydrogen-bond donors (Lipinski definition) is 0. The lowest BCUT2D eigenvalue weighted by atomic mass is 9.88. The normalized spacial score (nSPS) is 37.4. The van der Waals surface area contributed by atoms with E-state index < -0.39 is 0 Å². The quantitative estimate of drug-likeness (QED) is 0.438. The molecular weight excluding hydrogens is 310 g/mol. The van der Waals surface area contributed by atoms with E-state index in [0.717, 1.165) is 19.4 Å². The SMILES string of the molecule is C=CC[C@@H]1C(COI)[C@H](OP)C[C@@H]1C. The first-order valence-corrected chi connectivity index (χ1v) is 6.29. The van der Waals surface area contributed by atoms with Gasteiger partial charge in [0.05, 0.1) is 12.7 Å². The van der Waals surface area contributed by atoms with Crippen molar-refractivity contribution in [3.8, 4) is 0 Å². The van der Waals surface area contributed by atoms with Crippen LogP contribution < -0.4 is 0 Å². The first-order valence-electron chi connectivity index (χ1n) is 4.94. The summed E-state index contributed by atoms with van der Waals surface area (Å²) in [5.41, 5.74) is 0. The van der Waals surface area contributed by atoms with Gasteiger partial charge < -0.3 is 7.59 Å². The molecule has 0 amide bonds. The van der Waals surface area contributed by atoms with Crippen LogP contribution in [0.15, 0.2) is 12.7 Å². The summed E-state index contributed by atoms with van der Waals surface area (Å²) in [6.07, 6.45) is 4.53. The van der Waals surface area contributed by atoms with Crippen molar-refractivity contribution in [1.29, 1.82) is 0 Å². The average molecular weight is 328 g/mol. The van der Waals surface area contributed by atoms with Crippen molar-refractivity contribution in [3.63, 3.8) is 0 Å². The van der Waals surface area contributed by atoms with E-state index >= 15 is 0 Å². The molecule has 0 aromatic carbocycles. The lowest BCUT2D eigenvalue weighted by Gasteiger charge is -2.22. The van der Waals surface area contributed by atoms with Gasteiger partial charge >= 0.3 is 0 Å². The Hall–Kier alpha value is 0.820. The predicted molar refractivity (Wildman–Crippen MR) is 70.1 cm³/mol. The van der Waals surface area contributed by atoms with Crippen LogP contribution in [0.5, 0.6) is 0 Å². The molecule has 2 unspecified atom stereocenters. The summed E-state index contributed by atoms with van der Waals surface area (Å²) in [5.74, 6) is 1.88. The second-order valence-electron chi connectivity index (χ2n) is 4.02. The fourth-order valence-electron chi connectivity index (χ4n) is 2.47. The highest BCUT2D eigenvalue weighted by Crippen LogP contribution is 2.42. The fraction of sp³-hybridized carbons (Fsp3) is 0.800. The molecule has 1 rings (SSSR count). The molecule has 2 nitrogen and oxygen atoms in total. The Kier molecular flexibility index (Phi) is 5.90. The summed E-state index contributed by atoms with van der Waals surface area (Å²) in [5, 5.41) is 0. The smallest absolute Gasteiger partial charge is 0.109 e. The highest BCUT2D eigenvalue weighted by molar-refractivity contribution is 14.1. The number of halogens is 1. The van der Waals surface area contributed by atoms with Crippen molar-refractivity contribution < 1.29 is 7.59 Å². The number of rotatable bonds is 5. The molecule has 0 spiro atoms. The molecule has 4 heteroatoms. The number of hydrogen-bond acceptors (Lipinski definition) is 2. The molecule has 0 bridgehead atoms. The Morgan fingerprint density at radius 2 is 2.29 bits per heavy atom. The van der Waals surface area contributed by atoms with Crippen LogP contribution in [0, 0.1) is 17.8 Å². The van der Waals surface area contributed by atoms with Crippen LogP contribution in [0.1, 0.15) is 19.8 Å². The van der Waals surface area contributed by atoms with Gasteiger partial charge in [0.25, 0.3) is 0 Å². The van der Waals surface area contributed by atoms with E-state index in [1.807, 2.05) is 29.1 Å². The molecule has 0 N–H and O–H groups in total. The van der Waals surface area contributed by atoms with Gasteiger partial charge in [-0.05, 0) is 24.7 Å². The van der Waals surface area contributed by atoms with Gasteiger partial charge in [0.1, 0.15) is 23.0 Å². The molecule has 82 valence electrons. The van der Waals surface area contributed by atoms with E-state index in [1.165, 1.54) is 0 Å². The van der Waals surface area contributed by atoms with Crippen molar-refractivity contribution in [1.82, 2.24) is 0 Å². The monoisotopic (exact) mass is 328 g/mol. The van der Waals surface area contributed by atoms with Crippen molar-refractivity contribution in [2.75, 3.05) is 6.61 Å². The highest BCUT2D eigenvalue weighted by Gasteiger charge is 2.40. The Morgan fingerprint density at radius 1 is 1.57 bits per heavy atom. The summed E-state index contributed by atoms with van der Waals surface area (Å²) in [4.78, 5) is 0. The van der Waals surface area contributed by atoms with Crippen LogP contribution in [0.2, 0.25) is 0 Å². The molecule has 1 aliphatic rings. The van der Waals surface area contributed by atoms with Crippen molar-refractivity contribution >= 4 is 32.5 Å². The molecular formula is C10H18IO2P. The summed E-state index contributed by atoms with van der Waals surface area (Å²) in [6.45, 7) is 6.89.